The van der Waals surface area contributed by atoms with Gasteiger partial charge in [0.1, 0.15) is 22.7 Å². The van der Waals surface area contributed by atoms with E-state index in [0.717, 1.165) is 63.5 Å². The molecule has 284 valence electrons. The fraction of sp³-hybridized carbons (Fsp3) is 0.143. The quantitative estimate of drug-likeness (QED) is 0.117. The third-order valence-corrected chi connectivity index (χ3v) is 9.47. The summed E-state index contributed by atoms with van der Waals surface area (Å²) in [6.45, 7) is 4.78. The maximum absolute atomic E-state index is 13.8. The van der Waals surface area contributed by atoms with Crippen molar-refractivity contribution in [3.05, 3.63) is 137 Å². The van der Waals surface area contributed by atoms with Gasteiger partial charge in [-0.3, -0.25) is 9.59 Å². The Hall–Kier alpha value is -7.55. The Morgan fingerprint density at radius 1 is 0.632 bits per heavy atom. The van der Waals surface area contributed by atoms with E-state index < -0.39 is 5.95 Å². The van der Waals surface area contributed by atoms with Crippen LogP contribution in [0.4, 0.5) is 21.8 Å². The predicted molar refractivity (Wildman–Crippen MR) is 216 cm³/mol. The monoisotopic (exact) mass is 760 g/mol. The molecule has 6 aromatic heterocycles. The summed E-state index contributed by atoms with van der Waals surface area (Å²) in [6, 6.07) is 26.2. The zero-order valence-electron chi connectivity index (χ0n) is 31.0. The van der Waals surface area contributed by atoms with Gasteiger partial charge in [0, 0.05) is 72.2 Å². The summed E-state index contributed by atoms with van der Waals surface area (Å²) in [5.74, 6) is 1.24. The van der Waals surface area contributed by atoms with Gasteiger partial charge in [-0.05, 0) is 62.4 Å². The molecule has 0 radical (unpaired) electrons. The Balaban J connectivity index is 0.000000139. The second kappa shape index (κ2) is 15.7. The average molecular weight is 761 g/mol. The van der Waals surface area contributed by atoms with E-state index in [9.17, 15) is 14.0 Å². The highest BCUT2D eigenvalue weighted by Crippen LogP contribution is 2.32. The number of aromatic nitrogens is 8. The summed E-state index contributed by atoms with van der Waals surface area (Å²) < 4.78 is 13.8. The lowest BCUT2D eigenvalue weighted by molar-refractivity contribution is 0.0937. The van der Waals surface area contributed by atoms with Gasteiger partial charge < -0.3 is 31.7 Å². The molecule has 2 amide bonds. The number of fused-ring (bicyclic) bond motifs is 4. The number of pyridine rings is 2. The van der Waals surface area contributed by atoms with Crippen LogP contribution in [0.25, 0.3) is 44.6 Å². The van der Waals surface area contributed by atoms with Gasteiger partial charge in [-0.1, -0.05) is 36.4 Å². The lowest BCUT2D eigenvalue weighted by atomic mass is 10.1. The molecule has 15 heteroatoms. The van der Waals surface area contributed by atoms with Crippen LogP contribution in [0, 0.1) is 19.8 Å². The van der Waals surface area contributed by atoms with E-state index in [1.165, 1.54) is 0 Å². The number of anilines is 3. The van der Waals surface area contributed by atoms with E-state index in [1.807, 2.05) is 73.7 Å². The van der Waals surface area contributed by atoms with Crippen LogP contribution < -0.4 is 21.7 Å². The van der Waals surface area contributed by atoms with Gasteiger partial charge in [0.25, 0.3) is 11.8 Å². The van der Waals surface area contributed by atoms with E-state index >= 15 is 0 Å². The highest BCUT2D eigenvalue weighted by Gasteiger charge is 2.23. The third kappa shape index (κ3) is 7.71. The standard InChI is InChI=1S/C21H18N6O.C16H13FN4O.C5H6N2/c1-12-20(26-18-7-2-3-9-22-18)27-19-13(5-4-6-16(19)24-12)17-11-14-15(25-17)8-10-23-21(14)28;1-8-15(17)21-14-9(3-2-4-12(14)19-8)13-7-10-11(20-13)5-6-18-16(10)22;6-5-3-1-2-4-7-5/h2-7,9,11,25H,8,10H2,1H3,(H,23,28)(H,22,26,27);2-4,7,20H,5-6H2,1H3,(H,18,22);1-4H,(H2,6,7). The smallest absolute Gasteiger partial charge is 0.253 e. The number of aryl methyl sites for hydroxylation is 2. The molecule has 0 saturated heterocycles. The van der Waals surface area contributed by atoms with Crippen molar-refractivity contribution < 1.29 is 14.0 Å². The summed E-state index contributed by atoms with van der Waals surface area (Å²) in [4.78, 5) is 56.5. The zero-order chi connectivity index (χ0) is 39.5. The van der Waals surface area contributed by atoms with Gasteiger partial charge in [0.2, 0.25) is 5.95 Å². The topological polar surface area (TPSA) is 205 Å². The molecule has 2 aliphatic rings. The Bertz CT molecular complexity index is 2770. The Morgan fingerprint density at radius 2 is 1.19 bits per heavy atom. The molecule has 7 N–H and O–H groups in total. The number of nitrogen functional groups attached to an aromatic ring is 1. The van der Waals surface area contributed by atoms with Crippen molar-refractivity contribution in [1.82, 2.24) is 50.5 Å². The first-order valence-corrected chi connectivity index (χ1v) is 18.3. The minimum absolute atomic E-state index is 0.0385. The molecular formula is C42H37FN12O2. The first-order chi connectivity index (χ1) is 27.7. The van der Waals surface area contributed by atoms with Crippen molar-refractivity contribution in [2.45, 2.75) is 26.7 Å². The van der Waals surface area contributed by atoms with E-state index in [2.05, 4.69) is 45.9 Å². The number of carbonyl (C=O) groups is 2. The number of H-pyrrole nitrogens is 2. The largest absolute Gasteiger partial charge is 0.384 e. The van der Waals surface area contributed by atoms with Gasteiger partial charge in [-0.25, -0.2) is 29.9 Å². The average Bonchev–Trinajstić information content (AvgIpc) is 3.86. The van der Waals surface area contributed by atoms with Crippen LogP contribution in [0.1, 0.15) is 43.5 Å². The lowest BCUT2D eigenvalue weighted by Crippen LogP contribution is -2.31. The van der Waals surface area contributed by atoms with Crippen molar-refractivity contribution in [1.29, 1.82) is 0 Å². The number of nitrogens with one attached hydrogen (secondary N) is 5. The number of carbonyl (C=O) groups excluding carboxylic acids is 2. The number of amides is 2. The molecule has 0 spiro atoms. The van der Waals surface area contributed by atoms with Crippen molar-refractivity contribution in [3.8, 4) is 22.5 Å². The molecule has 8 heterocycles. The molecule has 0 atom stereocenters. The van der Waals surface area contributed by atoms with Crippen LogP contribution in [-0.2, 0) is 12.8 Å². The number of para-hydroxylation sites is 2. The molecule has 0 bridgehead atoms. The second-order valence-electron chi connectivity index (χ2n) is 13.4. The highest BCUT2D eigenvalue weighted by atomic mass is 19.1. The van der Waals surface area contributed by atoms with E-state index in [1.54, 1.807) is 37.5 Å². The summed E-state index contributed by atoms with van der Waals surface area (Å²) in [7, 11) is 0. The molecule has 57 heavy (non-hydrogen) atoms. The first-order valence-electron chi connectivity index (χ1n) is 18.3. The Morgan fingerprint density at radius 3 is 1.70 bits per heavy atom. The van der Waals surface area contributed by atoms with Crippen LogP contribution in [0.3, 0.4) is 0 Å². The molecule has 0 aliphatic carbocycles. The number of aromatic amines is 2. The number of nitrogens with two attached hydrogens (primary N) is 1. The Kier molecular flexibility index (Phi) is 10.0. The number of hydrogen-bond donors (Lipinski definition) is 6. The van der Waals surface area contributed by atoms with Crippen molar-refractivity contribution in [2.24, 2.45) is 0 Å². The van der Waals surface area contributed by atoms with E-state index in [4.69, 9.17) is 15.7 Å². The Labute approximate surface area is 325 Å². The molecule has 0 fully saturated rings. The molecule has 2 aromatic carbocycles. The molecule has 14 nitrogen and oxygen atoms in total. The molecule has 10 rings (SSSR count). The van der Waals surface area contributed by atoms with Gasteiger partial charge in [0.05, 0.1) is 33.5 Å². The molecular weight excluding hydrogens is 724 g/mol. The summed E-state index contributed by atoms with van der Waals surface area (Å²) in [6.07, 6.45) is 4.94. The fourth-order valence-corrected chi connectivity index (χ4v) is 6.67. The molecule has 2 aliphatic heterocycles. The second-order valence-corrected chi connectivity index (χ2v) is 13.4. The highest BCUT2D eigenvalue weighted by molar-refractivity contribution is 6.00. The number of rotatable bonds is 4. The molecule has 0 unspecified atom stereocenters. The minimum atomic E-state index is -0.575. The number of halogens is 1. The first kappa shape index (κ1) is 36.4. The van der Waals surface area contributed by atoms with E-state index in [0.29, 0.717) is 52.7 Å². The maximum Gasteiger partial charge on any atom is 0.253 e. The number of nitrogens with zero attached hydrogens (tertiary/aromatic N) is 6. The third-order valence-electron chi connectivity index (χ3n) is 9.47. The van der Waals surface area contributed by atoms with Crippen molar-refractivity contribution in [3.63, 3.8) is 0 Å². The van der Waals surface area contributed by atoms with Crippen molar-refractivity contribution in [2.75, 3.05) is 24.1 Å². The summed E-state index contributed by atoms with van der Waals surface area (Å²) >= 11 is 0. The summed E-state index contributed by atoms with van der Waals surface area (Å²) in [5, 5.41) is 8.93. The lowest BCUT2D eigenvalue weighted by Gasteiger charge is -2.11. The fourth-order valence-electron chi connectivity index (χ4n) is 6.67. The van der Waals surface area contributed by atoms with Crippen LogP contribution >= 0.6 is 0 Å². The molecule has 8 aromatic rings. The minimum Gasteiger partial charge on any atom is -0.384 e. The number of hydrogen-bond acceptors (Lipinski definition) is 10. The van der Waals surface area contributed by atoms with Crippen LogP contribution in [-0.4, -0.2) is 64.8 Å². The van der Waals surface area contributed by atoms with Crippen LogP contribution in [0.15, 0.2) is 97.3 Å². The normalized spacial score (nSPS) is 13.0. The van der Waals surface area contributed by atoms with Gasteiger partial charge in [-0.15, -0.1) is 0 Å². The molecule has 0 saturated carbocycles. The van der Waals surface area contributed by atoms with Gasteiger partial charge in [0.15, 0.2) is 5.82 Å². The van der Waals surface area contributed by atoms with Gasteiger partial charge >= 0.3 is 0 Å². The zero-order valence-corrected chi connectivity index (χ0v) is 31.0. The maximum atomic E-state index is 13.8. The number of benzene rings is 2. The predicted octanol–water partition coefficient (Wildman–Crippen LogP) is 6.38. The van der Waals surface area contributed by atoms with Crippen LogP contribution in [0.2, 0.25) is 0 Å². The van der Waals surface area contributed by atoms with Crippen LogP contribution in [0.5, 0.6) is 0 Å². The van der Waals surface area contributed by atoms with Gasteiger partial charge in [-0.2, -0.15) is 4.39 Å². The SMILES string of the molecule is Cc1nc2cccc(-c3cc4c([nH]3)CCNC4=O)c2nc1F.Cc1nc2cccc(-c3cc4c([nH]3)CCNC4=O)c2nc1Nc1ccccn1.Nc1ccccn1. The van der Waals surface area contributed by atoms with E-state index in [-0.39, 0.29) is 17.5 Å². The summed E-state index contributed by atoms with van der Waals surface area (Å²) in [5.41, 5.74) is 15.5. The van der Waals surface area contributed by atoms with Crippen molar-refractivity contribution >= 4 is 51.3 Å².